The number of carboxylic acids is 1. The van der Waals surface area contributed by atoms with Crippen molar-refractivity contribution in [3.05, 3.63) is 103 Å². The molecule has 7 nitrogen and oxygen atoms in total. The molecule has 44 heavy (non-hydrogen) atoms. The highest BCUT2D eigenvalue weighted by Crippen LogP contribution is 2.54. The third-order valence-corrected chi connectivity index (χ3v) is 10.8. The topological polar surface area (TPSA) is 97.9 Å². The van der Waals surface area contributed by atoms with Crippen LogP contribution in [0, 0.1) is 13.1 Å². The fraction of sp³-hybridized carbons (Fsp3) is 0.353. The Hall–Kier alpha value is -2.29. The third kappa shape index (κ3) is 6.78. The summed E-state index contributed by atoms with van der Waals surface area (Å²) in [5, 5.41) is 10.4. The number of fused-ring (bicyclic) bond motifs is 2. The van der Waals surface area contributed by atoms with E-state index < -0.39 is 38.7 Å². The van der Waals surface area contributed by atoms with E-state index in [0.29, 0.717) is 6.42 Å². The summed E-state index contributed by atoms with van der Waals surface area (Å²) < 4.78 is 37.1. The monoisotopic (exact) mass is 841 g/mol. The zero-order valence-corrected chi connectivity index (χ0v) is 30.7. The van der Waals surface area contributed by atoms with Crippen LogP contribution in [0.5, 0.6) is 0 Å². The number of anilines is 1. The highest BCUT2D eigenvalue weighted by atomic mass is 127. The van der Waals surface area contributed by atoms with Crippen LogP contribution in [0.2, 0.25) is 0 Å². The van der Waals surface area contributed by atoms with Crippen LogP contribution >= 0.6 is 45.2 Å². The van der Waals surface area contributed by atoms with Crippen molar-refractivity contribution in [2.75, 3.05) is 17.8 Å². The molecule has 0 aliphatic carbocycles. The molecular weight excluding hydrogens is 802 g/mol. The van der Waals surface area contributed by atoms with E-state index in [2.05, 4.69) is 76.1 Å². The van der Waals surface area contributed by atoms with Gasteiger partial charge in [0.25, 0.3) is 5.88 Å². The van der Waals surface area contributed by atoms with Crippen LogP contribution in [-0.2, 0) is 25.7 Å². The number of hydrogen-bond donors (Lipinski definition) is 2. The Balaban J connectivity index is 1.65. The highest BCUT2D eigenvalue weighted by molar-refractivity contribution is 14.1. The average Bonchev–Trinajstić information content (AvgIpc) is 3.27. The number of likely N-dealkylation sites (N-methyl/N-ethyl adjacent to an activating group) is 1. The first-order valence-corrected chi connectivity index (χ1v) is 18.3. The van der Waals surface area contributed by atoms with Gasteiger partial charge in [-0.15, -0.1) is 0 Å². The van der Waals surface area contributed by atoms with E-state index in [4.69, 9.17) is 0 Å². The molecule has 2 heterocycles. The number of benzene rings is 2. The van der Waals surface area contributed by atoms with Crippen LogP contribution < -0.4 is 4.90 Å². The molecule has 2 unspecified atom stereocenters. The number of nitrogens with zero attached hydrogens (tertiary/aromatic N) is 2. The Kier molecular flexibility index (Phi) is 10.7. The molecule has 0 saturated heterocycles. The third-order valence-electron chi connectivity index (χ3n) is 8.69. The van der Waals surface area contributed by atoms with Crippen molar-refractivity contribution in [1.82, 2.24) is 0 Å². The minimum absolute atomic E-state index is 0.452. The fourth-order valence-electron chi connectivity index (χ4n) is 6.58. The molecule has 0 radical (unpaired) electrons. The van der Waals surface area contributed by atoms with E-state index in [1.54, 1.807) is 4.58 Å². The van der Waals surface area contributed by atoms with Crippen molar-refractivity contribution in [2.45, 2.75) is 57.8 Å². The lowest BCUT2D eigenvalue weighted by atomic mass is 9.69. The lowest BCUT2D eigenvalue weighted by molar-refractivity contribution is -0.416. The van der Waals surface area contributed by atoms with Gasteiger partial charge in [-0.1, -0.05) is 68.3 Å². The Morgan fingerprint density at radius 3 is 2.39 bits per heavy atom. The predicted octanol–water partition coefficient (Wildman–Crippen LogP) is 7.97. The van der Waals surface area contributed by atoms with E-state index in [-0.39, 0.29) is 0 Å². The molecule has 10 heteroatoms. The molecule has 2 atom stereocenters. The standard InChI is InChI=1S/C34H38I2N2O5S/c1-6-7-15-25(32(39)40)34(4)30(37(5)28-21-23(35)20-26(36)31(28)34)19-12-10-8-9-11-18-29-33(2,3)24-16-13-14-17-27(24)38(29)22-44(41,42)43/h8-14,16-21,25H,6-7,15,22H2,1-5H3,(H-,39,40,41,42,43)/p+1. The van der Waals surface area contributed by atoms with E-state index in [1.807, 2.05) is 87.7 Å². The largest absolute Gasteiger partial charge is 0.481 e. The summed E-state index contributed by atoms with van der Waals surface area (Å²) in [5.74, 6) is -1.87. The first-order chi connectivity index (χ1) is 20.6. The molecule has 0 bridgehead atoms. The maximum atomic E-state index is 12.7. The van der Waals surface area contributed by atoms with Crippen molar-refractivity contribution in [3.8, 4) is 0 Å². The molecule has 0 amide bonds. The van der Waals surface area contributed by atoms with Gasteiger partial charge in [0.05, 0.1) is 11.3 Å². The quantitative estimate of drug-likeness (QED) is 0.103. The van der Waals surface area contributed by atoms with Crippen LogP contribution in [0.1, 0.15) is 58.1 Å². The summed E-state index contributed by atoms with van der Waals surface area (Å²) in [5.41, 5.74) is 4.42. The maximum Gasteiger partial charge on any atom is 0.326 e. The van der Waals surface area contributed by atoms with Crippen LogP contribution in [0.4, 0.5) is 11.4 Å². The number of unbranched alkanes of at least 4 members (excludes halogenated alkanes) is 1. The van der Waals surface area contributed by atoms with Crippen LogP contribution in [0.3, 0.4) is 0 Å². The second kappa shape index (κ2) is 13.6. The van der Waals surface area contributed by atoms with Crippen LogP contribution in [-0.4, -0.2) is 47.3 Å². The SMILES string of the molecule is CCCCC(C(=O)O)C1(C)/C(=C/C=C/C=C/C=C/C2=[N+](CS(=O)(=O)O)c3ccccc3C2(C)C)N(C)c2cc(I)cc(I)c21. The number of allylic oxidation sites excluding steroid dienone is 8. The molecule has 0 aromatic heterocycles. The fourth-order valence-corrected chi connectivity index (χ4v) is 9.56. The van der Waals surface area contributed by atoms with E-state index >= 15 is 0 Å². The molecule has 2 aromatic rings. The van der Waals surface area contributed by atoms with Gasteiger partial charge >= 0.3 is 16.1 Å². The molecule has 2 N–H and O–H groups in total. The van der Waals surface area contributed by atoms with Gasteiger partial charge < -0.3 is 10.0 Å². The summed E-state index contributed by atoms with van der Waals surface area (Å²) in [6, 6.07) is 11.8. The van der Waals surface area contributed by atoms with E-state index in [1.165, 1.54) is 0 Å². The zero-order chi connectivity index (χ0) is 32.4. The molecule has 234 valence electrons. The van der Waals surface area contributed by atoms with Crippen molar-refractivity contribution in [1.29, 1.82) is 0 Å². The smallest absolute Gasteiger partial charge is 0.326 e. The molecule has 2 aromatic carbocycles. The van der Waals surface area contributed by atoms with Crippen molar-refractivity contribution < 1.29 is 27.4 Å². The van der Waals surface area contributed by atoms with Crippen molar-refractivity contribution >= 4 is 78.4 Å². The Morgan fingerprint density at radius 2 is 1.73 bits per heavy atom. The molecule has 0 spiro atoms. The summed E-state index contributed by atoms with van der Waals surface area (Å²) >= 11 is 4.65. The van der Waals surface area contributed by atoms with Crippen LogP contribution in [0.15, 0.2) is 84.6 Å². The van der Waals surface area contributed by atoms with E-state index in [9.17, 15) is 22.9 Å². The first-order valence-electron chi connectivity index (χ1n) is 14.5. The average molecular weight is 842 g/mol. The number of halogens is 2. The first kappa shape index (κ1) is 34.6. The van der Waals surface area contributed by atoms with Gasteiger partial charge in [-0.3, -0.25) is 9.35 Å². The number of aliphatic carboxylic acids is 1. The second-order valence-corrected chi connectivity index (χ2v) is 15.8. The summed E-state index contributed by atoms with van der Waals surface area (Å²) in [6.45, 7) is 8.21. The molecule has 4 rings (SSSR count). The summed E-state index contributed by atoms with van der Waals surface area (Å²) in [7, 11) is -2.24. The molecular formula is C34H39I2N2O5S+. The van der Waals surface area contributed by atoms with Crippen molar-refractivity contribution in [2.24, 2.45) is 5.92 Å². The normalized spacial score (nSPS) is 21.3. The number of carbonyl (C=O) groups is 1. The predicted molar refractivity (Wildman–Crippen MR) is 195 cm³/mol. The van der Waals surface area contributed by atoms with Gasteiger partial charge in [0, 0.05) is 54.3 Å². The van der Waals surface area contributed by atoms with Crippen LogP contribution in [0.25, 0.3) is 0 Å². The Bertz CT molecular complexity index is 1720. The number of rotatable bonds is 11. The molecule has 0 fully saturated rings. The van der Waals surface area contributed by atoms with Gasteiger partial charge in [0.15, 0.2) is 5.71 Å². The maximum absolute atomic E-state index is 12.7. The van der Waals surface area contributed by atoms with Gasteiger partial charge in [0.2, 0.25) is 5.69 Å². The lowest BCUT2D eigenvalue weighted by Gasteiger charge is -2.35. The van der Waals surface area contributed by atoms with Gasteiger partial charge in [0.1, 0.15) is 0 Å². The highest BCUT2D eigenvalue weighted by Gasteiger charge is 2.51. The lowest BCUT2D eigenvalue weighted by Crippen LogP contribution is -2.39. The second-order valence-electron chi connectivity index (χ2n) is 11.9. The minimum Gasteiger partial charge on any atom is -0.481 e. The minimum atomic E-state index is -4.25. The molecule has 2 aliphatic rings. The molecule has 2 aliphatic heterocycles. The Morgan fingerprint density at radius 1 is 1.07 bits per heavy atom. The van der Waals surface area contributed by atoms with E-state index in [0.717, 1.165) is 53.9 Å². The number of hydrogen-bond acceptors (Lipinski definition) is 4. The summed E-state index contributed by atoms with van der Waals surface area (Å²) in [6.07, 6.45) is 15.7. The number of carboxylic acid groups (broad SMARTS) is 1. The molecule has 0 saturated carbocycles. The number of para-hydroxylation sites is 1. The van der Waals surface area contributed by atoms with Gasteiger partial charge in [-0.05, 0) is 90.6 Å². The van der Waals surface area contributed by atoms with Crippen molar-refractivity contribution in [3.63, 3.8) is 0 Å². The Labute approximate surface area is 288 Å². The van der Waals surface area contributed by atoms with Gasteiger partial charge in [-0.25, -0.2) is 0 Å². The summed E-state index contributed by atoms with van der Waals surface area (Å²) in [4.78, 5) is 14.8. The van der Waals surface area contributed by atoms with Gasteiger partial charge in [-0.2, -0.15) is 13.0 Å². The zero-order valence-electron chi connectivity index (χ0n) is 25.6.